The number of hydrogen-bond donors (Lipinski definition) is 0. The van der Waals surface area contributed by atoms with Gasteiger partial charge in [0.15, 0.2) is 0 Å². The van der Waals surface area contributed by atoms with Crippen LogP contribution in [0, 0.1) is 5.92 Å². The Morgan fingerprint density at radius 1 is 1.13 bits per heavy atom. The first-order valence-electron chi connectivity index (χ1n) is 8.82. The van der Waals surface area contributed by atoms with E-state index in [4.69, 9.17) is 4.98 Å². The molecule has 1 aromatic rings. The number of piperazine rings is 1. The van der Waals surface area contributed by atoms with Crippen LogP contribution in [0.3, 0.4) is 0 Å². The fraction of sp³-hybridized carbons (Fsp3) is 0.722. The van der Waals surface area contributed by atoms with Gasteiger partial charge in [-0.25, -0.2) is 9.97 Å². The number of nitrogens with zero attached hydrogens (tertiary/aromatic N) is 4. The molecule has 0 atom stereocenters. The molecule has 2 heterocycles. The fourth-order valence-electron chi connectivity index (χ4n) is 3.47. The highest BCUT2D eigenvalue weighted by atomic mass is 16.2. The monoisotopic (exact) mass is 316 g/mol. The van der Waals surface area contributed by atoms with E-state index < -0.39 is 0 Å². The molecule has 2 aliphatic rings. The number of aromatic nitrogens is 2. The molecule has 3 rings (SSSR count). The van der Waals surface area contributed by atoms with Crippen LogP contribution in [0.2, 0.25) is 0 Å². The normalized spacial score (nSPS) is 20.1. The minimum atomic E-state index is -0.0454. The zero-order valence-corrected chi connectivity index (χ0v) is 14.6. The van der Waals surface area contributed by atoms with E-state index in [1.54, 1.807) is 0 Å². The molecule has 1 aliphatic carbocycles. The summed E-state index contributed by atoms with van der Waals surface area (Å²) in [7, 11) is 0. The Kier molecular flexibility index (Phi) is 4.55. The number of amides is 1. The van der Waals surface area contributed by atoms with Crippen molar-refractivity contribution in [3.05, 3.63) is 18.1 Å². The molecule has 0 unspecified atom stereocenters. The van der Waals surface area contributed by atoms with Crippen molar-refractivity contribution in [3.8, 4) is 0 Å². The Morgan fingerprint density at radius 3 is 2.39 bits per heavy atom. The maximum absolute atomic E-state index is 12.5. The van der Waals surface area contributed by atoms with Crippen molar-refractivity contribution in [1.29, 1.82) is 0 Å². The first kappa shape index (κ1) is 16.2. The summed E-state index contributed by atoms with van der Waals surface area (Å²) in [6.07, 6.45) is 6.44. The average molecular weight is 316 g/mol. The molecular weight excluding hydrogens is 288 g/mol. The predicted molar refractivity (Wildman–Crippen MR) is 91.5 cm³/mol. The second kappa shape index (κ2) is 6.46. The summed E-state index contributed by atoms with van der Waals surface area (Å²) in [5.41, 5.74) is -0.0454. The van der Waals surface area contributed by atoms with Gasteiger partial charge in [-0.1, -0.05) is 33.6 Å². The van der Waals surface area contributed by atoms with Gasteiger partial charge in [0.1, 0.15) is 11.6 Å². The van der Waals surface area contributed by atoms with Gasteiger partial charge in [-0.05, 0) is 18.9 Å². The molecule has 0 spiro atoms. The van der Waals surface area contributed by atoms with Crippen LogP contribution in [0.1, 0.15) is 52.3 Å². The molecule has 1 amide bonds. The lowest BCUT2D eigenvalue weighted by molar-refractivity contribution is -0.135. The van der Waals surface area contributed by atoms with E-state index in [1.165, 1.54) is 12.8 Å². The molecule has 126 valence electrons. The Labute approximate surface area is 139 Å². The highest BCUT2D eigenvalue weighted by Gasteiger charge is 2.30. The van der Waals surface area contributed by atoms with Gasteiger partial charge in [0.2, 0.25) is 5.91 Å². The number of carbonyl (C=O) groups is 1. The lowest BCUT2D eigenvalue weighted by Gasteiger charge is -2.36. The topological polar surface area (TPSA) is 49.3 Å². The second-order valence-corrected chi connectivity index (χ2v) is 7.78. The van der Waals surface area contributed by atoms with Crippen LogP contribution in [0.4, 0.5) is 5.82 Å². The largest absolute Gasteiger partial charge is 0.353 e. The fourth-order valence-corrected chi connectivity index (χ4v) is 3.47. The third-order valence-electron chi connectivity index (χ3n) is 4.93. The van der Waals surface area contributed by atoms with Gasteiger partial charge >= 0.3 is 0 Å². The van der Waals surface area contributed by atoms with Crippen molar-refractivity contribution >= 4 is 11.7 Å². The predicted octanol–water partition coefficient (Wildman–Crippen LogP) is 2.61. The lowest BCUT2D eigenvalue weighted by Crippen LogP contribution is -2.50. The van der Waals surface area contributed by atoms with Crippen LogP contribution in [-0.4, -0.2) is 47.0 Å². The van der Waals surface area contributed by atoms with E-state index in [0.717, 1.165) is 50.7 Å². The SMILES string of the molecule is CC(C)(C)c1nccc(N2CCN(C(=O)C3CCCC3)CC2)n1. The van der Waals surface area contributed by atoms with Gasteiger partial charge in [0.05, 0.1) is 0 Å². The van der Waals surface area contributed by atoms with Crippen LogP contribution in [0.25, 0.3) is 0 Å². The molecule has 0 radical (unpaired) electrons. The molecule has 0 aromatic carbocycles. The Bertz CT molecular complexity index is 552. The molecule has 1 saturated carbocycles. The summed E-state index contributed by atoms with van der Waals surface area (Å²) < 4.78 is 0. The summed E-state index contributed by atoms with van der Waals surface area (Å²) in [6.45, 7) is 9.73. The van der Waals surface area contributed by atoms with Crippen molar-refractivity contribution in [3.63, 3.8) is 0 Å². The van der Waals surface area contributed by atoms with E-state index in [9.17, 15) is 4.79 Å². The van der Waals surface area contributed by atoms with E-state index in [0.29, 0.717) is 5.91 Å². The summed E-state index contributed by atoms with van der Waals surface area (Å²) in [6, 6.07) is 1.98. The van der Waals surface area contributed by atoms with Gasteiger partial charge in [0, 0.05) is 43.7 Å². The van der Waals surface area contributed by atoms with E-state index in [1.807, 2.05) is 12.3 Å². The molecular formula is C18H28N4O. The number of rotatable bonds is 2. The number of anilines is 1. The molecule has 1 aliphatic heterocycles. The van der Waals surface area contributed by atoms with Crippen LogP contribution in [0.5, 0.6) is 0 Å². The van der Waals surface area contributed by atoms with Gasteiger partial charge < -0.3 is 9.80 Å². The van der Waals surface area contributed by atoms with Gasteiger partial charge in [-0.3, -0.25) is 4.79 Å². The van der Waals surface area contributed by atoms with Crippen molar-refractivity contribution in [1.82, 2.24) is 14.9 Å². The van der Waals surface area contributed by atoms with Crippen molar-refractivity contribution in [2.45, 2.75) is 51.9 Å². The Balaban J connectivity index is 1.61. The first-order chi connectivity index (χ1) is 10.9. The molecule has 2 fully saturated rings. The number of hydrogen-bond acceptors (Lipinski definition) is 4. The van der Waals surface area contributed by atoms with E-state index in [-0.39, 0.29) is 11.3 Å². The zero-order valence-electron chi connectivity index (χ0n) is 14.6. The van der Waals surface area contributed by atoms with Crippen LogP contribution in [0.15, 0.2) is 12.3 Å². The maximum atomic E-state index is 12.5. The smallest absolute Gasteiger partial charge is 0.225 e. The number of carbonyl (C=O) groups excluding carboxylic acids is 1. The van der Waals surface area contributed by atoms with Gasteiger partial charge in [-0.2, -0.15) is 0 Å². The van der Waals surface area contributed by atoms with Crippen LogP contribution in [-0.2, 0) is 10.2 Å². The van der Waals surface area contributed by atoms with Crippen LogP contribution < -0.4 is 4.90 Å². The molecule has 0 N–H and O–H groups in total. The summed E-state index contributed by atoms with van der Waals surface area (Å²) >= 11 is 0. The third kappa shape index (κ3) is 3.65. The molecule has 23 heavy (non-hydrogen) atoms. The third-order valence-corrected chi connectivity index (χ3v) is 4.93. The second-order valence-electron chi connectivity index (χ2n) is 7.78. The highest BCUT2D eigenvalue weighted by molar-refractivity contribution is 5.79. The molecule has 1 saturated heterocycles. The molecule has 5 heteroatoms. The van der Waals surface area contributed by atoms with Gasteiger partial charge in [0.25, 0.3) is 0 Å². The maximum Gasteiger partial charge on any atom is 0.225 e. The minimum Gasteiger partial charge on any atom is -0.353 e. The Morgan fingerprint density at radius 2 is 1.78 bits per heavy atom. The minimum absolute atomic E-state index is 0.0454. The zero-order chi connectivity index (χ0) is 16.4. The quantitative estimate of drug-likeness (QED) is 0.841. The average Bonchev–Trinajstić information content (AvgIpc) is 3.08. The van der Waals surface area contributed by atoms with Crippen molar-refractivity contribution in [2.24, 2.45) is 5.92 Å². The summed E-state index contributed by atoms with van der Waals surface area (Å²) in [5, 5.41) is 0. The molecule has 5 nitrogen and oxygen atoms in total. The van der Waals surface area contributed by atoms with E-state index in [2.05, 4.69) is 35.6 Å². The van der Waals surface area contributed by atoms with Crippen molar-refractivity contribution < 1.29 is 4.79 Å². The molecule has 0 bridgehead atoms. The first-order valence-corrected chi connectivity index (χ1v) is 8.82. The Hall–Kier alpha value is -1.65. The standard InChI is InChI=1S/C18H28N4O/c1-18(2,3)17-19-9-8-15(20-17)21-10-12-22(13-11-21)16(23)14-6-4-5-7-14/h8-9,14H,4-7,10-13H2,1-3H3. The lowest BCUT2D eigenvalue weighted by atomic mass is 9.96. The van der Waals surface area contributed by atoms with Crippen molar-refractivity contribution in [2.75, 3.05) is 31.1 Å². The summed E-state index contributed by atoms with van der Waals surface area (Å²) in [4.78, 5) is 26.0. The van der Waals surface area contributed by atoms with Crippen LogP contribution >= 0.6 is 0 Å². The van der Waals surface area contributed by atoms with Gasteiger partial charge in [-0.15, -0.1) is 0 Å². The van der Waals surface area contributed by atoms with E-state index >= 15 is 0 Å². The summed E-state index contributed by atoms with van der Waals surface area (Å²) in [5.74, 6) is 2.52. The highest BCUT2D eigenvalue weighted by Crippen LogP contribution is 2.27. The molecule has 1 aromatic heterocycles.